The van der Waals surface area contributed by atoms with Crippen LogP contribution in [0.25, 0.3) is 0 Å². The highest BCUT2D eigenvalue weighted by Gasteiger charge is 2.06. The van der Waals surface area contributed by atoms with Crippen molar-refractivity contribution in [3.05, 3.63) is 47.3 Å². The van der Waals surface area contributed by atoms with Gasteiger partial charge in [0, 0.05) is 18.3 Å². The zero-order valence-corrected chi connectivity index (χ0v) is 9.67. The molecule has 0 radical (unpaired) electrons. The first-order valence-corrected chi connectivity index (χ1v) is 5.80. The quantitative estimate of drug-likeness (QED) is 0.854. The zero-order chi connectivity index (χ0) is 11.4. The van der Waals surface area contributed by atoms with Gasteiger partial charge in [0.25, 0.3) is 5.91 Å². The summed E-state index contributed by atoms with van der Waals surface area (Å²) in [5.41, 5.74) is 1.58. The predicted octanol–water partition coefficient (Wildman–Crippen LogP) is 3.04. The second kappa shape index (κ2) is 4.81. The normalized spacial score (nSPS) is 9.81. The van der Waals surface area contributed by atoms with Crippen LogP contribution in [0.2, 0.25) is 0 Å². The Morgan fingerprint density at radius 3 is 2.81 bits per heavy atom. The van der Waals surface area contributed by atoms with Crippen molar-refractivity contribution < 1.29 is 4.79 Å². The lowest BCUT2D eigenvalue weighted by atomic mass is 10.2. The Hall–Kier alpha value is -1.81. The first kappa shape index (κ1) is 10.7. The van der Waals surface area contributed by atoms with Crippen LogP contribution in [0.5, 0.6) is 0 Å². The summed E-state index contributed by atoms with van der Waals surface area (Å²) in [5.74, 6) is -0.0837. The Morgan fingerprint density at radius 2 is 2.12 bits per heavy atom. The lowest BCUT2D eigenvalue weighted by molar-refractivity contribution is 0.102. The number of hydrogen-bond donors (Lipinski definition) is 2. The molecule has 2 rings (SSSR count). The van der Waals surface area contributed by atoms with E-state index in [1.54, 1.807) is 6.07 Å². The van der Waals surface area contributed by atoms with E-state index in [0.717, 1.165) is 10.7 Å². The summed E-state index contributed by atoms with van der Waals surface area (Å²) in [6.45, 7) is 0. The van der Waals surface area contributed by atoms with Crippen molar-refractivity contribution in [3.63, 3.8) is 0 Å². The lowest BCUT2D eigenvalue weighted by Crippen LogP contribution is -2.10. The van der Waals surface area contributed by atoms with Gasteiger partial charge in [0.1, 0.15) is 0 Å². The maximum Gasteiger partial charge on any atom is 0.256 e. The Balaban J connectivity index is 2.14. The number of anilines is 2. The summed E-state index contributed by atoms with van der Waals surface area (Å²) in [6, 6.07) is 11.2. The molecule has 0 aliphatic heterocycles. The van der Waals surface area contributed by atoms with E-state index in [2.05, 4.69) is 10.6 Å². The molecule has 16 heavy (non-hydrogen) atoms. The third kappa shape index (κ3) is 2.41. The van der Waals surface area contributed by atoms with Gasteiger partial charge in [-0.3, -0.25) is 4.79 Å². The van der Waals surface area contributed by atoms with Crippen molar-refractivity contribution in [2.75, 3.05) is 17.7 Å². The molecular formula is C12H12N2OS. The van der Waals surface area contributed by atoms with Gasteiger partial charge < -0.3 is 10.6 Å². The Bertz CT molecular complexity index is 480. The van der Waals surface area contributed by atoms with E-state index in [9.17, 15) is 4.79 Å². The zero-order valence-electron chi connectivity index (χ0n) is 8.86. The van der Waals surface area contributed by atoms with E-state index in [-0.39, 0.29) is 5.91 Å². The highest BCUT2D eigenvalue weighted by atomic mass is 32.1. The van der Waals surface area contributed by atoms with Gasteiger partial charge in [0.05, 0.1) is 5.00 Å². The Labute approximate surface area is 98.1 Å². The van der Waals surface area contributed by atoms with Gasteiger partial charge in [-0.1, -0.05) is 6.07 Å². The van der Waals surface area contributed by atoms with Gasteiger partial charge in [0.2, 0.25) is 0 Å². The molecular weight excluding hydrogens is 220 g/mol. The fraction of sp³-hybridized carbons (Fsp3) is 0.0833. The number of thiophene rings is 1. The number of benzene rings is 1. The highest BCUT2D eigenvalue weighted by molar-refractivity contribution is 7.14. The van der Waals surface area contributed by atoms with Crippen LogP contribution in [0.1, 0.15) is 10.4 Å². The summed E-state index contributed by atoms with van der Waals surface area (Å²) in [7, 11) is 1.83. The minimum absolute atomic E-state index is 0.0837. The van der Waals surface area contributed by atoms with Crippen molar-refractivity contribution in [2.45, 2.75) is 0 Å². The second-order valence-electron chi connectivity index (χ2n) is 3.26. The molecule has 3 nitrogen and oxygen atoms in total. The van der Waals surface area contributed by atoms with E-state index in [1.807, 2.05) is 42.8 Å². The van der Waals surface area contributed by atoms with Crippen molar-refractivity contribution in [1.29, 1.82) is 0 Å². The van der Waals surface area contributed by atoms with Gasteiger partial charge in [-0.15, -0.1) is 11.3 Å². The van der Waals surface area contributed by atoms with Gasteiger partial charge >= 0.3 is 0 Å². The molecule has 82 valence electrons. The molecule has 0 aliphatic rings. The maximum absolute atomic E-state index is 11.8. The molecule has 2 N–H and O–H groups in total. The smallest absolute Gasteiger partial charge is 0.256 e. The Morgan fingerprint density at radius 1 is 1.25 bits per heavy atom. The highest BCUT2D eigenvalue weighted by Crippen LogP contribution is 2.17. The summed E-state index contributed by atoms with van der Waals surface area (Å²) in [6.07, 6.45) is 0. The summed E-state index contributed by atoms with van der Waals surface area (Å²) in [5, 5.41) is 8.64. The minimum atomic E-state index is -0.0837. The van der Waals surface area contributed by atoms with E-state index in [4.69, 9.17) is 0 Å². The number of rotatable bonds is 3. The van der Waals surface area contributed by atoms with E-state index in [0.29, 0.717) is 5.56 Å². The number of nitrogens with one attached hydrogen (secondary N) is 2. The monoisotopic (exact) mass is 232 g/mol. The maximum atomic E-state index is 11.8. The standard InChI is InChI=1S/C12H12N2OS/c1-13-10-5-2-4-9(8-10)12(15)14-11-6-3-7-16-11/h2-8,13H,1H3,(H,14,15). The molecule has 0 unspecified atom stereocenters. The van der Waals surface area contributed by atoms with Crippen LogP contribution in [0, 0.1) is 0 Å². The molecule has 0 aliphatic carbocycles. The number of hydrogen-bond acceptors (Lipinski definition) is 3. The molecule has 0 saturated heterocycles. The average Bonchev–Trinajstić information content (AvgIpc) is 2.82. The molecule has 0 atom stereocenters. The SMILES string of the molecule is CNc1cccc(C(=O)Nc2cccs2)c1. The topological polar surface area (TPSA) is 41.1 Å². The van der Waals surface area contributed by atoms with Crippen LogP contribution in [0.15, 0.2) is 41.8 Å². The fourth-order valence-corrected chi connectivity index (χ4v) is 1.96. The fourth-order valence-electron chi connectivity index (χ4n) is 1.35. The molecule has 0 spiro atoms. The van der Waals surface area contributed by atoms with E-state index in [1.165, 1.54) is 11.3 Å². The van der Waals surface area contributed by atoms with Crippen LogP contribution in [-0.4, -0.2) is 13.0 Å². The molecule has 1 aromatic heterocycles. The predicted molar refractivity (Wildman–Crippen MR) is 68.3 cm³/mol. The molecule has 0 fully saturated rings. The number of amides is 1. The molecule has 1 amide bonds. The minimum Gasteiger partial charge on any atom is -0.388 e. The Kier molecular flexibility index (Phi) is 3.22. The van der Waals surface area contributed by atoms with Gasteiger partial charge in [0.15, 0.2) is 0 Å². The number of carbonyl (C=O) groups is 1. The summed E-state index contributed by atoms with van der Waals surface area (Å²) in [4.78, 5) is 11.8. The van der Waals surface area contributed by atoms with Crippen molar-refractivity contribution in [3.8, 4) is 0 Å². The largest absolute Gasteiger partial charge is 0.388 e. The number of carbonyl (C=O) groups excluding carboxylic acids is 1. The van der Waals surface area contributed by atoms with Crippen LogP contribution in [0.3, 0.4) is 0 Å². The van der Waals surface area contributed by atoms with Crippen LogP contribution in [0.4, 0.5) is 10.7 Å². The molecule has 0 bridgehead atoms. The lowest BCUT2D eigenvalue weighted by Gasteiger charge is -2.04. The third-order valence-electron chi connectivity index (χ3n) is 2.17. The van der Waals surface area contributed by atoms with Crippen molar-refractivity contribution in [1.82, 2.24) is 0 Å². The summed E-state index contributed by atoms with van der Waals surface area (Å²) < 4.78 is 0. The molecule has 1 heterocycles. The van der Waals surface area contributed by atoms with Crippen LogP contribution in [-0.2, 0) is 0 Å². The average molecular weight is 232 g/mol. The second-order valence-corrected chi connectivity index (χ2v) is 4.21. The first-order valence-electron chi connectivity index (χ1n) is 4.92. The van der Waals surface area contributed by atoms with Crippen LogP contribution >= 0.6 is 11.3 Å². The van der Waals surface area contributed by atoms with E-state index >= 15 is 0 Å². The van der Waals surface area contributed by atoms with Gasteiger partial charge in [-0.05, 0) is 35.7 Å². The van der Waals surface area contributed by atoms with Crippen LogP contribution < -0.4 is 10.6 Å². The van der Waals surface area contributed by atoms with Crippen molar-refractivity contribution >= 4 is 27.9 Å². The summed E-state index contributed by atoms with van der Waals surface area (Å²) >= 11 is 1.51. The first-order chi connectivity index (χ1) is 7.79. The van der Waals surface area contributed by atoms with Gasteiger partial charge in [-0.2, -0.15) is 0 Å². The molecule has 0 saturated carbocycles. The molecule has 2 aromatic rings. The van der Waals surface area contributed by atoms with E-state index < -0.39 is 0 Å². The molecule has 4 heteroatoms. The molecule has 1 aromatic carbocycles. The van der Waals surface area contributed by atoms with Crippen molar-refractivity contribution in [2.24, 2.45) is 0 Å². The third-order valence-corrected chi connectivity index (χ3v) is 2.96. The van der Waals surface area contributed by atoms with Gasteiger partial charge in [-0.25, -0.2) is 0 Å².